The maximum absolute atomic E-state index is 12.7. The molecule has 0 radical (unpaired) electrons. The Labute approximate surface area is 181 Å². The van der Waals surface area contributed by atoms with Crippen molar-refractivity contribution in [1.82, 2.24) is 20.0 Å². The third-order valence-electron chi connectivity index (χ3n) is 6.00. The van der Waals surface area contributed by atoms with Crippen LogP contribution >= 0.6 is 0 Å². The third kappa shape index (κ3) is 4.74. The molecule has 0 unspecified atom stereocenters. The van der Waals surface area contributed by atoms with Crippen molar-refractivity contribution in [1.29, 1.82) is 0 Å². The number of carbonyl (C=O) groups excluding carboxylic acids is 1. The van der Waals surface area contributed by atoms with Crippen LogP contribution in [0.4, 0.5) is 17.3 Å². The second kappa shape index (κ2) is 9.25. The van der Waals surface area contributed by atoms with Crippen molar-refractivity contribution in [2.24, 2.45) is 0 Å². The Kier molecular flexibility index (Phi) is 6.26. The lowest BCUT2D eigenvalue weighted by Gasteiger charge is -2.36. The number of piperazine rings is 2. The van der Waals surface area contributed by atoms with Crippen LogP contribution in [0.1, 0.15) is 17.3 Å². The highest BCUT2D eigenvalue weighted by Gasteiger charge is 2.24. The summed E-state index contributed by atoms with van der Waals surface area (Å²) in [6, 6.07) is 9.78. The van der Waals surface area contributed by atoms with Gasteiger partial charge in [-0.15, -0.1) is 10.2 Å². The van der Waals surface area contributed by atoms with E-state index >= 15 is 0 Å². The largest absolute Gasteiger partial charge is 0.353 e. The summed E-state index contributed by atoms with van der Waals surface area (Å²) in [5, 5.41) is 19.6. The maximum atomic E-state index is 12.7. The van der Waals surface area contributed by atoms with Gasteiger partial charge >= 0.3 is 0 Å². The quantitative estimate of drug-likeness (QED) is 0.525. The molecule has 2 aromatic rings. The highest BCUT2D eigenvalue weighted by molar-refractivity contribution is 5.94. The fourth-order valence-corrected chi connectivity index (χ4v) is 4.00. The number of aromatic nitrogens is 2. The zero-order valence-electron chi connectivity index (χ0n) is 17.7. The molecule has 31 heavy (non-hydrogen) atoms. The number of nitro groups is 1. The van der Waals surface area contributed by atoms with Gasteiger partial charge in [-0.1, -0.05) is 6.92 Å². The Morgan fingerprint density at radius 2 is 1.39 bits per heavy atom. The van der Waals surface area contributed by atoms with Gasteiger partial charge in [0.2, 0.25) is 0 Å². The fourth-order valence-electron chi connectivity index (χ4n) is 4.00. The minimum Gasteiger partial charge on any atom is -0.353 e. The number of nitro benzene ring substituents is 1. The van der Waals surface area contributed by atoms with Gasteiger partial charge in [0.1, 0.15) is 0 Å². The Hall–Kier alpha value is -3.27. The van der Waals surface area contributed by atoms with Crippen LogP contribution in [0, 0.1) is 10.1 Å². The molecule has 0 bridgehead atoms. The highest BCUT2D eigenvalue weighted by atomic mass is 16.6. The van der Waals surface area contributed by atoms with E-state index < -0.39 is 4.92 Å². The molecular weight excluding hydrogens is 398 g/mol. The Balaban J connectivity index is 1.31. The van der Waals surface area contributed by atoms with E-state index in [0.717, 1.165) is 44.4 Å². The van der Waals surface area contributed by atoms with Gasteiger partial charge in [-0.2, -0.15) is 0 Å². The van der Waals surface area contributed by atoms with Crippen molar-refractivity contribution in [3.63, 3.8) is 0 Å². The molecule has 4 rings (SSSR count). The summed E-state index contributed by atoms with van der Waals surface area (Å²) in [4.78, 5) is 31.6. The van der Waals surface area contributed by atoms with E-state index in [2.05, 4.69) is 31.8 Å². The number of nitrogens with zero attached hydrogens (tertiary/aromatic N) is 7. The molecule has 2 aliphatic heterocycles. The SMILES string of the molecule is CCN1CCN(c2ccc(N3CCN(C(=O)c4ccc([N+](=O)[O-])cc4)CC3)nn2)CC1. The zero-order valence-corrected chi connectivity index (χ0v) is 17.7. The standard InChI is InChI=1S/C21H27N7O3/c1-2-24-9-11-25(12-10-24)19-7-8-20(23-22-19)26-13-15-27(16-14-26)21(29)17-3-5-18(6-4-17)28(30)31/h3-8H,2,9-16H2,1H3. The van der Waals surface area contributed by atoms with Gasteiger partial charge < -0.3 is 19.6 Å². The highest BCUT2D eigenvalue weighted by Crippen LogP contribution is 2.19. The zero-order chi connectivity index (χ0) is 21.8. The average molecular weight is 425 g/mol. The molecule has 0 N–H and O–H groups in total. The van der Waals surface area contributed by atoms with Crippen LogP contribution in [0.2, 0.25) is 0 Å². The smallest absolute Gasteiger partial charge is 0.269 e. The second-order valence-corrected chi connectivity index (χ2v) is 7.75. The fraction of sp³-hybridized carbons (Fsp3) is 0.476. The van der Waals surface area contributed by atoms with E-state index in [0.29, 0.717) is 31.7 Å². The number of non-ortho nitro benzene ring substituents is 1. The van der Waals surface area contributed by atoms with Gasteiger partial charge in [0.25, 0.3) is 11.6 Å². The number of anilines is 2. The number of hydrogen-bond donors (Lipinski definition) is 0. The van der Waals surface area contributed by atoms with Crippen molar-refractivity contribution in [3.05, 3.63) is 52.1 Å². The molecule has 2 saturated heterocycles. The summed E-state index contributed by atoms with van der Waals surface area (Å²) in [6.07, 6.45) is 0. The summed E-state index contributed by atoms with van der Waals surface area (Å²) in [7, 11) is 0. The number of hydrogen-bond acceptors (Lipinski definition) is 8. The van der Waals surface area contributed by atoms with Gasteiger partial charge in [0.05, 0.1) is 4.92 Å². The molecule has 0 atom stereocenters. The molecule has 164 valence electrons. The molecule has 1 aromatic carbocycles. The predicted molar refractivity (Wildman–Crippen MR) is 118 cm³/mol. The van der Waals surface area contributed by atoms with E-state index in [1.54, 1.807) is 4.90 Å². The van der Waals surface area contributed by atoms with Gasteiger partial charge in [-0.25, -0.2) is 0 Å². The lowest BCUT2D eigenvalue weighted by atomic mass is 10.1. The molecule has 0 saturated carbocycles. The molecule has 10 nitrogen and oxygen atoms in total. The lowest BCUT2D eigenvalue weighted by molar-refractivity contribution is -0.384. The molecule has 2 fully saturated rings. The summed E-state index contributed by atoms with van der Waals surface area (Å²) in [5.74, 6) is 1.62. The number of rotatable bonds is 5. The molecule has 1 amide bonds. The summed E-state index contributed by atoms with van der Waals surface area (Å²) in [6.45, 7) is 9.76. The summed E-state index contributed by atoms with van der Waals surface area (Å²) >= 11 is 0. The van der Waals surface area contributed by atoms with Crippen LogP contribution in [-0.4, -0.2) is 89.7 Å². The van der Waals surface area contributed by atoms with Crippen molar-refractivity contribution < 1.29 is 9.72 Å². The van der Waals surface area contributed by atoms with Crippen LogP contribution in [0.25, 0.3) is 0 Å². The van der Waals surface area contributed by atoms with E-state index in [-0.39, 0.29) is 11.6 Å². The van der Waals surface area contributed by atoms with Gasteiger partial charge in [-0.3, -0.25) is 14.9 Å². The summed E-state index contributed by atoms with van der Waals surface area (Å²) < 4.78 is 0. The van der Waals surface area contributed by atoms with Crippen LogP contribution in [0.15, 0.2) is 36.4 Å². The normalized spacial score (nSPS) is 17.6. The average Bonchev–Trinajstić information content (AvgIpc) is 2.84. The minimum absolute atomic E-state index is 0.0179. The van der Waals surface area contributed by atoms with Crippen LogP contribution in [-0.2, 0) is 0 Å². The number of likely N-dealkylation sites (N-methyl/N-ethyl adjacent to an activating group) is 1. The van der Waals surface area contributed by atoms with Gasteiger partial charge in [0.15, 0.2) is 11.6 Å². The Bertz CT molecular complexity index is 904. The first-order valence-corrected chi connectivity index (χ1v) is 10.6. The Morgan fingerprint density at radius 3 is 1.84 bits per heavy atom. The molecular formula is C21H27N7O3. The first-order valence-electron chi connectivity index (χ1n) is 10.6. The minimum atomic E-state index is -0.468. The second-order valence-electron chi connectivity index (χ2n) is 7.75. The maximum Gasteiger partial charge on any atom is 0.269 e. The third-order valence-corrected chi connectivity index (χ3v) is 6.00. The monoisotopic (exact) mass is 425 g/mol. The van der Waals surface area contributed by atoms with Crippen molar-refractivity contribution in [3.8, 4) is 0 Å². The molecule has 10 heteroatoms. The van der Waals surface area contributed by atoms with Crippen LogP contribution in [0.5, 0.6) is 0 Å². The first kappa shape index (κ1) is 21.0. The van der Waals surface area contributed by atoms with Crippen molar-refractivity contribution in [2.75, 3.05) is 68.7 Å². The number of amides is 1. The van der Waals surface area contributed by atoms with Crippen LogP contribution in [0.3, 0.4) is 0 Å². The predicted octanol–water partition coefficient (Wildman–Crippen LogP) is 1.49. The topological polar surface area (TPSA) is 99.0 Å². The molecule has 2 aliphatic rings. The van der Waals surface area contributed by atoms with E-state index in [4.69, 9.17) is 0 Å². The van der Waals surface area contributed by atoms with Gasteiger partial charge in [0, 0.05) is 70.1 Å². The Morgan fingerprint density at radius 1 is 0.871 bits per heavy atom. The number of carbonyl (C=O) groups is 1. The summed E-state index contributed by atoms with van der Waals surface area (Å²) in [5.41, 5.74) is 0.446. The first-order chi connectivity index (χ1) is 15.0. The lowest BCUT2D eigenvalue weighted by Crippen LogP contribution is -2.49. The van der Waals surface area contributed by atoms with E-state index in [1.807, 2.05) is 12.1 Å². The number of benzene rings is 1. The molecule has 0 aliphatic carbocycles. The molecule has 0 spiro atoms. The van der Waals surface area contributed by atoms with Crippen LogP contribution < -0.4 is 9.80 Å². The van der Waals surface area contributed by atoms with Gasteiger partial charge in [-0.05, 0) is 30.8 Å². The van der Waals surface area contributed by atoms with Crippen molar-refractivity contribution in [2.45, 2.75) is 6.92 Å². The molecule has 1 aromatic heterocycles. The molecule has 3 heterocycles. The van der Waals surface area contributed by atoms with E-state index in [9.17, 15) is 14.9 Å². The van der Waals surface area contributed by atoms with Crippen molar-refractivity contribution >= 4 is 23.2 Å². The van der Waals surface area contributed by atoms with E-state index in [1.165, 1.54) is 24.3 Å².